The van der Waals surface area contributed by atoms with Crippen LogP contribution >= 0.6 is 11.3 Å². The van der Waals surface area contributed by atoms with Gasteiger partial charge in [0.25, 0.3) is 0 Å². The van der Waals surface area contributed by atoms with E-state index < -0.39 is 0 Å². The molecule has 1 aromatic heterocycles. The van der Waals surface area contributed by atoms with Crippen LogP contribution in [0.15, 0.2) is 11.6 Å². The lowest BCUT2D eigenvalue weighted by molar-refractivity contribution is -0.135. The first-order chi connectivity index (χ1) is 11.6. The third-order valence-corrected chi connectivity index (χ3v) is 4.51. The van der Waals surface area contributed by atoms with E-state index in [1.165, 1.54) is 11.3 Å². The van der Waals surface area contributed by atoms with Crippen LogP contribution in [0, 0.1) is 17.3 Å². The quantitative estimate of drug-likeness (QED) is 0.703. The van der Waals surface area contributed by atoms with Gasteiger partial charge in [0, 0.05) is 24.5 Å². The second-order valence-corrected chi connectivity index (χ2v) is 9.35. The van der Waals surface area contributed by atoms with Crippen molar-refractivity contribution in [3.05, 3.63) is 11.6 Å². The number of hydrogen-bond donors (Lipinski definition) is 1. The van der Waals surface area contributed by atoms with Crippen molar-refractivity contribution in [3.63, 3.8) is 0 Å². The fourth-order valence-corrected chi connectivity index (χ4v) is 3.41. The fourth-order valence-electron chi connectivity index (χ4n) is 2.87. The summed E-state index contributed by atoms with van der Waals surface area (Å²) in [5.74, 6) is 0.669. The SMILES string of the molecule is CC(C)CCN(CC(=O)Nc1nccs1)C(=O)CC(C)CC(C)(C)C. The highest BCUT2D eigenvalue weighted by Crippen LogP contribution is 2.26. The molecule has 0 radical (unpaired) electrons. The highest BCUT2D eigenvalue weighted by molar-refractivity contribution is 7.13. The van der Waals surface area contributed by atoms with E-state index in [9.17, 15) is 9.59 Å². The third-order valence-electron chi connectivity index (χ3n) is 3.83. The van der Waals surface area contributed by atoms with Crippen molar-refractivity contribution in [1.82, 2.24) is 9.88 Å². The van der Waals surface area contributed by atoms with Crippen LogP contribution in [-0.4, -0.2) is 34.8 Å². The molecule has 2 amide bonds. The Kier molecular flexibility index (Phi) is 8.56. The summed E-state index contributed by atoms with van der Waals surface area (Å²) in [6.45, 7) is 13.6. The van der Waals surface area contributed by atoms with Crippen LogP contribution in [0.4, 0.5) is 5.13 Å². The van der Waals surface area contributed by atoms with E-state index in [0.717, 1.165) is 12.8 Å². The summed E-state index contributed by atoms with van der Waals surface area (Å²) in [4.78, 5) is 30.7. The predicted molar refractivity (Wildman–Crippen MR) is 105 cm³/mol. The molecule has 0 aliphatic heterocycles. The molecule has 0 fully saturated rings. The molecular formula is C19H33N3O2S. The van der Waals surface area contributed by atoms with E-state index in [1.807, 2.05) is 5.38 Å². The average molecular weight is 368 g/mol. The first-order valence-corrected chi connectivity index (χ1v) is 9.92. The zero-order valence-electron chi connectivity index (χ0n) is 16.5. The van der Waals surface area contributed by atoms with Crippen LogP contribution in [0.2, 0.25) is 0 Å². The number of amides is 2. The van der Waals surface area contributed by atoms with Gasteiger partial charge in [-0.05, 0) is 30.1 Å². The Bertz CT molecular complexity index is 535. The van der Waals surface area contributed by atoms with Gasteiger partial charge in [-0.25, -0.2) is 4.98 Å². The lowest BCUT2D eigenvalue weighted by Crippen LogP contribution is -2.39. The van der Waals surface area contributed by atoms with E-state index in [-0.39, 0.29) is 23.8 Å². The van der Waals surface area contributed by atoms with Gasteiger partial charge in [-0.3, -0.25) is 9.59 Å². The number of nitrogens with zero attached hydrogens (tertiary/aromatic N) is 2. The number of rotatable bonds is 9. The predicted octanol–water partition coefficient (Wildman–Crippen LogP) is 4.42. The molecule has 0 spiro atoms. The maximum Gasteiger partial charge on any atom is 0.245 e. The first-order valence-electron chi connectivity index (χ1n) is 9.04. The van der Waals surface area contributed by atoms with Gasteiger partial charge in [-0.15, -0.1) is 11.3 Å². The summed E-state index contributed by atoms with van der Waals surface area (Å²) in [5.41, 5.74) is 0.199. The van der Waals surface area contributed by atoms with Gasteiger partial charge in [0.15, 0.2) is 5.13 Å². The molecule has 1 atom stereocenters. The normalized spacial score (nSPS) is 12.9. The average Bonchev–Trinajstić information content (AvgIpc) is 2.93. The molecule has 142 valence electrons. The molecule has 6 heteroatoms. The standard InChI is InChI=1S/C19H33N3O2S/c1-14(2)7-9-22(13-16(23)21-18-20-8-10-25-18)17(24)11-15(3)12-19(4,5)6/h8,10,14-15H,7,9,11-13H2,1-6H3,(H,20,21,23). The Morgan fingerprint density at radius 3 is 2.48 bits per heavy atom. The zero-order valence-corrected chi connectivity index (χ0v) is 17.3. The monoisotopic (exact) mass is 367 g/mol. The fraction of sp³-hybridized carbons (Fsp3) is 0.737. The second-order valence-electron chi connectivity index (χ2n) is 8.46. The molecule has 25 heavy (non-hydrogen) atoms. The van der Waals surface area contributed by atoms with Gasteiger partial charge in [-0.1, -0.05) is 41.5 Å². The molecule has 1 aromatic rings. The molecule has 1 heterocycles. The van der Waals surface area contributed by atoms with Crippen LogP contribution in [0.25, 0.3) is 0 Å². The van der Waals surface area contributed by atoms with Gasteiger partial charge in [0.2, 0.25) is 11.8 Å². The number of carbonyl (C=O) groups excluding carboxylic acids is 2. The summed E-state index contributed by atoms with van der Waals surface area (Å²) < 4.78 is 0. The summed E-state index contributed by atoms with van der Waals surface area (Å²) in [6, 6.07) is 0. The number of carbonyl (C=O) groups is 2. The van der Waals surface area contributed by atoms with Gasteiger partial charge < -0.3 is 10.2 Å². The summed E-state index contributed by atoms with van der Waals surface area (Å²) in [5, 5.41) is 5.14. The van der Waals surface area contributed by atoms with Crippen LogP contribution in [-0.2, 0) is 9.59 Å². The summed E-state index contributed by atoms with van der Waals surface area (Å²) in [6.07, 6.45) is 4.02. The van der Waals surface area contributed by atoms with Crippen molar-refractivity contribution in [2.45, 2.75) is 60.8 Å². The summed E-state index contributed by atoms with van der Waals surface area (Å²) >= 11 is 1.38. The second kappa shape index (κ2) is 9.90. The molecule has 0 aliphatic rings. The van der Waals surface area contributed by atoms with Crippen molar-refractivity contribution >= 4 is 28.3 Å². The Balaban J connectivity index is 2.64. The Labute approximate surface area is 156 Å². The molecule has 1 rings (SSSR count). The number of thiazole rings is 1. The number of aromatic nitrogens is 1. The topological polar surface area (TPSA) is 62.3 Å². The lowest BCUT2D eigenvalue weighted by Gasteiger charge is -2.27. The Morgan fingerprint density at radius 1 is 1.28 bits per heavy atom. The molecule has 0 aromatic carbocycles. The largest absolute Gasteiger partial charge is 0.333 e. The van der Waals surface area contributed by atoms with E-state index in [4.69, 9.17) is 0 Å². The molecule has 0 aliphatic carbocycles. The number of hydrogen-bond acceptors (Lipinski definition) is 4. The summed E-state index contributed by atoms with van der Waals surface area (Å²) in [7, 11) is 0. The van der Waals surface area contributed by atoms with Crippen LogP contribution in [0.1, 0.15) is 60.8 Å². The van der Waals surface area contributed by atoms with Gasteiger partial charge in [0.1, 0.15) is 0 Å². The smallest absolute Gasteiger partial charge is 0.245 e. The van der Waals surface area contributed by atoms with E-state index in [0.29, 0.717) is 29.9 Å². The van der Waals surface area contributed by atoms with E-state index in [1.54, 1.807) is 11.1 Å². The Morgan fingerprint density at radius 2 is 1.96 bits per heavy atom. The van der Waals surface area contributed by atoms with Crippen LogP contribution < -0.4 is 5.32 Å². The van der Waals surface area contributed by atoms with Crippen molar-refractivity contribution in [1.29, 1.82) is 0 Å². The van der Waals surface area contributed by atoms with Crippen molar-refractivity contribution in [2.24, 2.45) is 17.3 Å². The first kappa shape index (κ1) is 21.6. The van der Waals surface area contributed by atoms with Gasteiger partial charge in [0.05, 0.1) is 6.54 Å². The minimum atomic E-state index is -0.185. The molecular weight excluding hydrogens is 334 g/mol. The van der Waals surface area contributed by atoms with Gasteiger partial charge >= 0.3 is 0 Å². The highest BCUT2D eigenvalue weighted by atomic mass is 32.1. The van der Waals surface area contributed by atoms with Crippen molar-refractivity contribution < 1.29 is 9.59 Å². The lowest BCUT2D eigenvalue weighted by atomic mass is 9.84. The third kappa shape index (κ3) is 9.58. The maximum absolute atomic E-state index is 12.7. The molecule has 0 saturated carbocycles. The van der Waals surface area contributed by atoms with E-state index >= 15 is 0 Å². The van der Waals surface area contributed by atoms with Crippen molar-refractivity contribution in [3.8, 4) is 0 Å². The van der Waals surface area contributed by atoms with Gasteiger partial charge in [-0.2, -0.15) is 0 Å². The zero-order chi connectivity index (χ0) is 19.0. The number of nitrogens with one attached hydrogen (secondary N) is 1. The minimum Gasteiger partial charge on any atom is -0.333 e. The van der Waals surface area contributed by atoms with E-state index in [2.05, 4.69) is 51.8 Å². The Hall–Kier alpha value is -1.43. The highest BCUT2D eigenvalue weighted by Gasteiger charge is 2.22. The molecule has 1 unspecified atom stereocenters. The van der Waals surface area contributed by atoms with Crippen LogP contribution in [0.5, 0.6) is 0 Å². The minimum absolute atomic E-state index is 0.0617. The van der Waals surface area contributed by atoms with Crippen molar-refractivity contribution in [2.75, 3.05) is 18.4 Å². The molecule has 1 N–H and O–H groups in total. The molecule has 0 bridgehead atoms. The number of anilines is 1. The maximum atomic E-state index is 12.7. The molecule has 5 nitrogen and oxygen atoms in total. The molecule has 0 saturated heterocycles. The van der Waals surface area contributed by atoms with Crippen LogP contribution in [0.3, 0.4) is 0 Å².